The zero-order valence-corrected chi connectivity index (χ0v) is 14.3. The lowest BCUT2D eigenvalue weighted by molar-refractivity contribution is 0.0935. The minimum absolute atomic E-state index is 0.0605. The van der Waals surface area contributed by atoms with Crippen LogP contribution < -0.4 is 10.6 Å². The van der Waals surface area contributed by atoms with E-state index in [4.69, 9.17) is 0 Å². The van der Waals surface area contributed by atoms with Crippen LogP contribution in [0.2, 0.25) is 0 Å². The van der Waals surface area contributed by atoms with Crippen LogP contribution in [0.15, 0.2) is 24.3 Å². The molecule has 0 unspecified atom stereocenters. The molecule has 120 valence electrons. The Morgan fingerprint density at radius 3 is 2.78 bits per heavy atom. The van der Waals surface area contributed by atoms with Crippen molar-refractivity contribution in [3.05, 3.63) is 51.4 Å². The number of anilines is 1. The molecule has 0 radical (unpaired) electrons. The van der Waals surface area contributed by atoms with Gasteiger partial charge in [-0.2, -0.15) is 0 Å². The summed E-state index contributed by atoms with van der Waals surface area (Å²) in [5.41, 5.74) is 4.53. The predicted molar refractivity (Wildman–Crippen MR) is 94.0 cm³/mol. The van der Waals surface area contributed by atoms with Crippen LogP contribution in [0.4, 0.5) is 5.00 Å². The van der Waals surface area contributed by atoms with Gasteiger partial charge in [-0.25, -0.2) is 0 Å². The van der Waals surface area contributed by atoms with Crippen molar-refractivity contribution in [2.75, 3.05) is 18.9 Å². The average molecular weight is 327 g/mol. The number of fused-ring (bicyclic) bond motifs is 3. The molecule has 4 nitrogen and oxygen atoms in total. The van der Waals surface area contributed by atoms with E-state index in [-0.39, 0.29) is 12.1 Å². The number of rotatable bonds is 2. The van der Waals surface area contributed by atoms with E-state index in [1.54, 1.807) is 11.3 Å². The molecule has 3 heterocycles. The SMILES string of the molecule is CCc1ccc([C@@H]2NC(=O)c3c(sc4c3CCN(C)C4)N2)cc1. The second-order valence-electron chi connectivity index (χ2n) is 6.34. The molecule has 4 rings (SSSR count). The first-order chi connectivity index (χ1) is 11.2. The van der Waals surface area contributed by atoms with E-state index in [1.807, 2.05) is 0 Å². The van der Waals surface area contributed by atoms with Crippen LogP contribution in [-0.2, 0) is 19.4 Å². The number of nitrogens with one attached hydrogen (secondary N) is 2. The molecule has 1 atom stereocenters. The number of amides is 1. The molecule has 1 amide bonds. The summed E-state index contributed by atoms with van der Waals surface area (Å²) in [4.78, 5) is 16.3. The molecule has 0 saturated carbocycles. The number of hydrogen-bond donors (Lipinski definition) is 2. The van der Waals surface area contributed by atoms with Crippen molar-refractivity contribution in [3.63, 3.8) is 0 Å². The molecule has 23 heavy (non-hydrogen) atoms. The Labute approximate surface area is 140 Å². The quantitative estimate of drug-likeness (QED) is 0.890. The van der Waals surface area contributed by atoms with Crippen LogP contribution in [-0.4, -0.2) is 24.4 Å². The highest BCUT2D eigenvalue weighted by Crippen LogP contribution is 2.40. The van der Waals surface area contributed by atoms with E-state index in [2.05, 4.69) is 53.8 Å². The molecule has 2 aliphatic heterocycles. The number of aryl methyl sites for hydroxylation is 1. The molecule has 2 aliphatic rings. The highest BCUT2D eigenvalue weighted by molar-refractivity contribution is 7.16. The molecule has 1 aromatic carbocycles. The van der Waals surface area contributed by atoms with Crippen molar-refractivity contribution in [1.82, 2.24) is 10.2 Å². The molecule has 2 N–H and O–H groups in total. The van der Waals surface area contributed by atoms with Crippen molar-refractivity contribution < 1.29 is 4.79 Å². The zero-order valence-electron chi connectivity index (χ0n) is 13.5. The fourth-order valence-electron chi connectivity index (χ4n) is 3.36. The number of benzene rings is 1. The second-order valence-corrected chi connectivity index (χ2v) is 7.45. The summed E-state index contributed by atoms with van der Waals surface area (Å²) >= 11 is 1.74. The van der Waals surface area contributed by atoms with Crippen LogP contribution >= 0.6 is 11.3 Å². The van der Waals surface area contributed by atoms with Gasteiger partial charge in [0.2, 0.25) is 0 Å². The Hall–Kier alpha value is -1.85. The Kier molecular flexibility index (Phi) is 3.62. The van der Waals surface area contributed by atoms with Crippen molar-refractivity contribution in [3.8, 4) is 0 Å². The third-order valence-corrected chi connectivity index (χ3v) is 5.89. The van der Waals surface area contributed by atoms with Gasteiger partial charge >= 0.3 is 0 Å². The summed E-state index contributed by atoms with van der Waals surface area (Å²) in [6.07, 6.45) is 1.85. The Morgan fingerprint density at radius 1 is 1.26 bits per heavy atom. The second kappa shape index (κ2) is 5.65. The number of carbonyl (C=O) groups is 1. The zero-order chi connectivity index (χ0) is 16.0. The summed E-state index contributed by atoms with van der Waals surface area (Å²) < 4.78 is 0. The van der Waals surface area contributed by atoms with E-state index in [0.29, 0.717) is 0 Å². The van der Waals surface area contributed by atoms with Gasteiger partial charge in [-0.3, -0.25) is 4.79 Å². The Balaban J connectivity index is 1.65. The average Bonchev–Trinajstić information content (AvgIpc) is 2.92. The van der Waals surface area contributed by atoms with Crippen LogP contribution in [0.5, 0.6) is 0 Å². The molecule has 2 aromatic rings. The van der Waals surface area contributed by atoms with Gasteiger partial charge in [0.15, 0.2) is 0 Å². The van der Waals surface area contributed by atoms with Crippen molar-refractivity contribution in [2.24, 2.45) is 0 Å². The standard InChI is InChI=1S/C18H21N3OS/c1-3-11-4-6-12(7-5-11)16-19-17(22)15-13-8-9-21(2)10-14(13)23-18(15)20-16/h4-7,16,20H,3,8-10H2,1-2H3,(H,19,22)/t16-/m1/s1. The maximum atomic E-state index is 12.6. The smallest absolute Gasteiger partial charge is 0.256 e. The predicted octanol–water partition coefficient (Wildman–Crippen LogP) is 3.15. The number of likely N-dealkylation sites (N-methyl/N-ethyl adjacent to an activating group) is 1. The lowest BCUT2D eigenvalue weighted by Crippen LogP contribution is -2.38. The summed E-state index contributed by atoms with van der Waals surface area (Å²) in [5.74, 6) is 0.0605. The maximum absolute atomic E-state index is 12.6. The molecule has 0 fully saturated rings. The van der Waals surface area contributed by atoms with Gasteiger partial charge in [0.05, 0.1) is 5.56 Å². The monoisotopic (exact) mass is 327 g/mol. The van der Waals surface area contributed by atoms with E-state index in [0.717, 1.165) is 42.1 Å². The van der Waals surface area contributed by atoms with Crippen LogP contribution in [0.3, 0.4) is 0 Å². The summed E-state index contributed by atoms with van der Waals surface area (Å²) in [6, 6.07) is 8.46. The third kappa shape index (κ3) is 2.54. The van der Waals surface area contributed by atoms with Gasteiger partial charge in [-0.05, 0) is 36.6 Å². The van der Waals surface area contributed by atoms with Crippen LogP contribution in [0, 0.1) is 0 Å². The molecular formula is C18H21N3OS. The maximum Gasteiger partial charge on any atom is 0.256 e. The highest BCUT2D eigenvalue weighted by atomic mass is 32.1. The van der Waals surface area contributed by atoms with Gasteiger partial charge in [0.1, 0.15) is 11.2 Å². The van der Waals surface area contributed by atoms with Gasteiger partial charge < -0.3 is 15.5 Å². The van der Waals surface area contributed by atoms with Gasteiger partial charge in [0, 0.05) is 18.0 Å². The molecule has 1 aromatic heterocycles. The Bertz CT molecular complexity index is 750. The van der Waals surface area contributed by atoms with Crippen molar-refractivity contribution >= 4 is 22.2 Å². The largest absolute Gasteiger partial charge is 0.353 e. The number of carbonyl (C=O) groups excluding carboxylic acids is 1. The van der Waals surface area contributed by atoms with E-state index in [9.17, 15) is 4.79 Å². The van der Waals surface area contributed by atoms with Crippen molar-refractivity contribution in [1.29, 1.82) is 0 Å². The number of hydrogen-bond acceptors (Lipinski definition) is 4. The summed E-state index contributed by atoms with van der Waals surface area (Å²) in [5, 5.41) is 7.66. The van der Waals surface area contributed by atoms with E-state index in [1.165, 1.54) is 16.0 Å². The van der Waals surface area contributed by atoms with Gasteiger partial charge in [-0.15, -0.1) is 11.3 Å². The lowest BCUT2D eigenvalue weighted by atomic mass is 10.0. The summed E-state index contributed by atoms with van der Waals surface area (Å²) in [7, 11) is 2.13. The Morgan fingerprint density at radius 2 is 2.04 bits per heavy atom. The number of thiophene rings is 1. The minimum atomic E-state index is -0.140. The van der Waals surface area contributed by atoms with E-state index >= 15 is 0 Å². The van der Waals surface area contributed by atoms with Gasteiger partial charge in [-0.1, -0.05) is 31.2 Å². The highest BCUT2D eigenvalue weighted by Gasteiger charge is 2.32. The first-order valence-electron chi connectivity index (χ1n) is 8.15. The van der Waals surface area contributed by atoms with Gasteiger partial charge in [0.25, 0.3) is 5.91 Å². The van der Waals surface area contributed by atoms with Crippen molar-refractivity contribution in [2.45, 2.75) is 32.5 Å². The lowest BCUT2D eigenvalue weighted by Gasteiger charge is -2.27. The van der Waals surface area contributed by atoms with Crippen LogP contribution in [0.25, 0.3) is 0 Å². The number of nitrogens with zero attached hydrogens (tertiary/aromatic N) is 1. The molecule has 5 heteroatoms. The van der Waals surface area contributed by atoms with Crippen LogP contribution in [0.1, 0.15) is 45.0 Å². The first-order valence-corrected chi connectivity index (χ1v) is 8.96. The molecule has 0 saturated heterocycles. The fraction of sp³-hybridized carbons (Fsp3) is 0.389. The normalized spacial score (nSPS) is 20.4. The minimum Gasteiger partial charge on any atom is -0.353 e. The molecule has 0 bridgehead atoms. The third-order valence-electron chi connectivity index (χ3n) is 4.75. The fourth-order valence-corrected chi connectivity index (χ4v) is 4.71. The van der Waals surface area contributed by atoms with E-state index < -0.39 is 0 Å². The molecular weight excluding hydrogens is 306 g/mol. The molecule has 0 spiro atoms. The topological polar surface area (TPSA) is 44.4 Å². The first kappa shape index (κ1) is 14.7. The summed E-state index contributed by atoms with van der Waals surface area (Å²) in [6.45, 7) is 4.11. The molecule has 0 aliphatic carbocycles.